The van der Waals surface area contributed by atoms with Gasteiger partial charge in [-0.05, 0) is 6.42 Å². The molecule has 0 aromatic heterocycles. The Bertz CT molecular complexity index is 63.1. The van der Waals surface area contributed by atoms with Crippen molar-refractivity contribution in [3.63, 3.8) is 0 Å². The summed E-state index contributed by atoms with van der Waals surface area (Å²) < 4.78 is 9.98. The van der Waals surface area contributed by atoms with Gasteiger partial charge in [0, 0.05) is 27.1 Å². The Morgan fingerprint density at radius 3 is 1.75 bits per heavy atom. The predicted molar refractivity (Wildman–Crippen MR) is 30.0 cm³/mol. The van der Waals surface area contributed by atoms with Crippen molar-refractivity contribution in [1.29, 1.82) is 0 Å². The normalized spacial score (nSPS) is 24.8. The SMILES string of the molecule is COC1(OC)[CH]C[CH]1. The molecule has 0 bridgehead atoms. The number of hydrogen-bond acceptors (Lipinski definition) is 2. The van der Waals surface area contributed by atoms with Crippen LogP contribution in [0.1, 0.15) is 6.42 Å². The fourth-order valence-electron chi connectivity index (χ4n) is 0.727. The van der Waals surface area contributed by atoms with Crippen molar-refractivity contribution in [3.8, 4) is 0 Å². The van der Waals surface area contributed by atoms with Gasteiger partial charge in [0.25, 0.3) is 0 Å². The molecule has 46 valence electrons. The van der Waals surface area contributed by atoms with Gasteiger partial charge in [-0.15, -0.1) is 0 Å². The molecule has 1 rings (SSSR count). The molecule has 1 aliphatic rings. The van der Waals surface area contributed by atoms with E-state index >= 15 is 0 Å². The topological polar surface area (TPSA) is 18.5 Å². The van der Waals surface area contributed by atoms with Crippen LogP contribution in [0.2, 0.25) is 0 Å². The summed E-state index contributed by atoms with van der Waals surface area (Å²) in [5, 5.41) is 0. The van der Waals surface area contributed by atoms with Crippen LogP contribution in [0.15, 0.2) is 0 Å². The second-order valence-corrected chi connectivity index (χ2v) is 1.77. The van der Waals surface area contributed by atoms with Crippen LogP contribution in [0.4, 0.5) is 0 Å². The van der Waals surface area contributed by atoms with E-state index in [0.29, 0.717) is 0 Å². The maximum atomic E-state index is 4.99. The first-order chi connectivity index (χ1) is 3.83. The Hall–Kier alpha value is -0.0800. The zero-order valence-corrected chi connectivity index (χ0v) is 5.18. The highest BCUT2D eigenvalue weighted by Crippen LogP contribution is 2.32. The van der Waals surface area contributed by atoms with Gasteiger partial charge in [-0.2, -0.15) is 0 Å². The first kappa shape index (κ1) is 6.05. The van der Waals surface area contributed by atoms with Gasteiger partial charge in [0.05, 0.1) is 0 Å². The second-order valence-electron chi connectivity index (χ2n) is 1.77. The Balaban J connectivity index is 2.33. The third-order valence-corrected chi connectivity index (χ3v) is 1.44. The molecule has 0 atom stereocenters. The molecule has 0 spiro atoms. The van der Waals surface area contributed by atoms with Crippen molar-refractivity contribution in [2.45, 2.75) is 12.2 Å². The van der Waals surface area contributed by atoms with Gasteiger partial charge >= 0.3 is 0 Å². The maximum absolute atomic E-state index is 4.99. The van der Waals surface area contributed by atoms with Crippen LogP contribution in [-0.4, -0.2) is 20.0 Å². The number of ether oxygens (including phenoxy) is 2. The van der Waals surface area contributed by atoms with Gasteiger partial charge in [-0.3, -0.25) is 0 Å². The molecule has 0 unspecified atom stereocenters. The molecule has 2 nitrogen and oxygen atoms in total. The highest BCUT2D eigenvalue weighted by atomic mass is 16.7. The fraction of sp³-hybridized carbons (Fsp3) is 0.667. The molecule has 0 aromatic rings. The fourth-order valence-corrected chi connectivity index (χ4v) is 0.727. The Labute approximate surface area is 49.8 Å². The van der Waals surface area contributed by atoms with E-state index in [0.717, 1.165) is 6.42 Å². The van der Waals surface area contributed by atoms with E-state index in [1.54, 1.807) is 14.2 Å². The van der Waals surface area contributed by atoms with E-state index in [4.69, 9.17) is 9.47 Å². The Kier molecular flexibility index (Phi) is 1.54. The van der Waals surface area contributed by atoms with Crippen molar-refractivity contribution in [2.75, 3.05) is 14.2 Å². The van der Waals surface area contributed by atoms with Gasteiger partial charge in [-0.1, -0.05) is 0 Å². The molecule has 0 aromatic carbocycles. The molecule has 0 N–H and O–H groups in total. The summed E-state index contributed by atoms with van der Waals surface area (Å²) in [6.07, 6.45) is 4.95. The van der Waals surface area contributed by atoms with Crippen molar-refractivity contribution < 1.29 is 9.47 Å². The molecule has 2 heteroatoms. The van der Waals surface area contributed by atoms with Crippen LogP contribution >= 0.6 is 0 Å². The predicted octanol–water partition coefficient (Wildman–Crippen LogP) is 0.788. The summed E-state index contributed by atoms with van der Waals surface area (Å²) in [6.45, 7) is 0. The molecule has 2 radical (unpaired) electrons. The van der Waals surface area contributed by atoms with Gasteiger partial charge in [0.1, 0.15) is 0 Å². The average Bonchev–Trinajstić information content (AvgIpc) is 1.67. The molecule has 0 heterocycles. The van der Waals surface area contributed by atoms with E-state index in [1.165, 1.54) is 0 Å². The average molecular weight is 114 g/mol. The molecule has 0 amide bonds. The van der Waals surface area contributed by atoms with Crippen LogP contribution in [0, 0.1) is 12.8 Å². The van der Waals surface area contributed by atoms with E-state index in [-0.39, 0.29) is 0 Å². The third kappa shape index (κ3) is 0.740. The standard InChI is InChI=1S/C6H10O2/c1-7-6(8-2)4-3-5-6/h4-5H,3H2,1-2H3. The first-order valence-corrected chi connectivity index (χ1v) is 2.62. The zero-order chi connectivity index (χ0) is 6.04. The van der Waals surface area contributed by atoms with Gasteiger partial charge in [-0.25, -0.2) is 0 Å². The van der Waals surface area contributed by atoms with Crippen molar-refractivity contribution in [1.82, 2.24) is 0 Å². The minimum atomic E-state index is -0.444. The molecular weight excluding hydrogens is 104 g/mol. The smallest absolute Gasteiger partial charge is 0.174 e. The highest BCUT2D eigenvalue weighted by molar-refractivity contribution is 5.11. The zero-order valence-electron chi connectivity index (χ0n) is 5.18. The minimum absolute atomic E-state index is 0.444. The van der Waals surface area contributed by atoms with E-state index in [1.807, 2.05) is 12.8 Å². The summed E-state index contributed by atoms with van der Waals surface area (Å²) in [7, 11) is 3.27. The molecular formula is C6H10O2. The summed E-state index contributed by atoms with van der Waals surface area (Å²) in [5.41, 5.74) is 0. The first-order valence-electron chi connectivity index (χ1n) is 2.62. The lowest BCUT2D eigenvalue weighted by atomic mass is 9.91. The summed E-state index contributed by atoms with van der Waals surface area (Å²) in [5.74, 6) is -0.444. The van der Waals surface area contributed by atoms with E-state index in [9.17, 15) is 0 Å². The van der Waals surface area contributed by atoms with Crippen LogP contribution < -0.4 is 0 Å². The van der Waals surface area contributed by atoms with Crippen molar-refractivity contribution >= 4 is 0 Å². The maximum Gasteiger partial charge on any atom is 0.174 e. The third-order valence-electron chi connectivity index (χ3n) is 1.44. The van der Waals surface area contributed by atoms with E-state index in [2.05, 4.69) is 0 Å². The lowest BCUT2D eigenvalue weighted by Gasteiger charge is -2.37. The molecule has 8 heavy (non-hydrogen) atoms. The monoisotopic (exact) mass is 114 g/mol. The minimum Gasteiger partial charge on any atom is -0.353 e. The number of hydrogen-bond donors (Lipinski definition) is 0. The molecule has 0 saturated heterocycles. The molecule has 1 fully saturated rings. The van der Waals surface area contributed by atoms with Gasteiger partial charge in [0.15, 0.2) is 5.79 Å². The molecule has 0 aliphatic heterocycles. The second kappa shape index (κ2) is 2.03. The quantitative estimate of drug-likeness (QED) is 0.494. The lowest BCUT2D eigenvalue weighted by Crippen LogP contribution is -2.42. The molecule has 1 aliphatic carbocycles. The number of methoxy groups -OCH3 is 2. The van der Waals surface area contributed by atoms with E-state index < -0.39 is 5.79 Å². The highest BCUT2D eigenvalue weighted by Gasteiger charge is 2.37. The van der Waals surface area contributed by atoms with Crippen molar-refractivity contribution in [3.05, 3.63) is 12.8 Å². The Morgan fingerprint density at radius 1 is 1.25 bits per heavy atom. The molecule has 1 saturated carbocycles. The summed E-state index contributed by atoms with van der Waals surface area (Å²) >= 11 is 0. The van der Waals surface area contributed by atoms with Crippen LogP contribution in [0.5, 0.6) is 0 Å². The van der Waals surface area contributed by atoms with Gasteiger partial charge in [0.2, 0.25) is 0 Å². The number of rotatable bonds is 2. The van der Waals surface area contributed by atoms with Crippen LogP contribution in [0.3, 0.4) is 0 Å². The summed E-state index contributed by atoms with van der Waals surface area (Å²) in [6, 6.07) is 0. The largest absolute Gasteiger partial charge is 0.353 e. The van der Waals surface area contributed by atoms with Crippen molar-refractivity contribution in [2.24, 2.45) is 0 Å². The summed E-state index contributed by atoms with van der Waals surface area (Å²) in [4.78, 5) is 0. The van der Waals surface area contributed by atoms with Crippen LogP contribution in [0.25, 0.3) is 0 Å². The Morgan fingerprint density at radius 2 is 1.75 bits per heavy atom. The lowest BCUT2D eigenvalue weighted by molar-refractivity contribution is -0.179. The van der Waals surface area contributed by atoms with Gasteiger partial charge < -0.3 is 9.47 Å². The van der Waals surface area contributed by atoms with Crippen LogP contribution in [-0.2, 0) is 9.47 Å².